The number of nitrogens with one attached hydrogen (secondary N) is 2. The van der Waals surface area contributed by atoms with Crippen molar-refractivity contribution in [2.24, 2.45) is 0 Å². The summed E-state index contributed by atoms with van der Waals surface area (Å²) in [6.07, 6.45) is 2.74. The second kappa shape index (κ2) is 6.06. The van der Waals surface area contributed by atoms with Crippen LogP contribution in [0.1, 0.15) is 50.3 Å². The van der Waals surface area contributed by atoms with E-state index in [9.17, 15) is 0 Å². The first-order valence-electron chi connectivity index (χ1n) is 7.51. The smallest absolute Gasteiger partial charge is 0.0208 e. The summed E-state index contributed by atoms with van der Waals surface area (Å²) in [5, 5.41) is 7.07. The second-order valence-electron chi connectivity index (χ2n) is 6.80. The van der Waals surface area contributed by atoms with Gasteiger partial charge in [0.2, 0.25) is 0 Å². The van der Waals surface area contributed by atoms with Crippen LogP contribution in [0, 0.1) is 6.92 Å². The maximum absolute atomic E-state index is 3.54. The van der Waals surface area contributed by atoms with E-state index in [2.05, 4.69) is 56.5 Å². The molecular weight excluding hydrogens is 232 g/mol. The lowest BCUT2D eigenvalue weighted by molar-refractivity contribution is 0.584. The Morgan fingerprint density at radius 3 is 2.53 bits per heavy atom. The van der Waals surface area contributed by atoms with Crippen LogP contribution in [0.25, 0.3) is 0 Å². The quantitative estimate of drug-likeness (QED) is 0.768. The van der Waals surface area contributed by atoms with Crippen molar-refractivity contribution in [1.29, 1.82) is 0 Å². The normalized spacial score (nSPS) is 15.8. The van der Waals surface area contributed by atoms with Crippen molar-refractivity contribution in [3.63, 3.8) is 0 Å². The third-order valence-electron chi connectivity index (χ3n) is 3.84. The maximum atomic E-state index is 3.54. The second-order valence-corrected chi connectivity index (χ2v) is 6.80. The lowest BCUT2D eigenvalue weighted by Crippen LogP contribution is -2.28. The summed E-state index contributed by atoms with van der Waals surface area (Å²) in [5.41, 5.74) is 4.47. The van der Waals surface area contributed by atoms with Gasteiger partial charge in [0.1, 0.15) is 0 Å². The van der Waals surface area contributed by atoms with E-state index in [1.54, 1.807) is 0 Å². The maximum Gasteiger partial charge on any atom is 0.0208 e. The van der Waals surface area contributed by atoms with E-state index in [1.165, 1.54) is 29.5 Å². The summed E-state index contributed by atoms with van der Waals surface area (Å²) < 4.78 is 0. The van der Waals surface area contributed by atoms with Crippen molar-refractivity contribution in [2.75, 3.05) is 13.1 Å². The van der Waals surface area contributed by atoms with Gasteiger partial charge in [-0.25, -0.2) is 0 Å². The first kappa shape index (κ1) is 14.5. The molecule has 1 aromatic rings. The highest BCUT2D eigenvalue weighted by Gasteiger charge is 2.19. The minimum atomic E-state index is 0.232. The predicted molar refractivity (Wildman–Crippen MR) is 82.6 cm³/mol. The fraction of sp³-hybridized carbons (Fsp3) is 0.647. The Morgan fingerprint density at radius 1 is 1.16 bits per heavy atom. The van der Waals surface area contributed by atoms with Crippen molar-refractivity contribution in [2.45, 2.75) is 58.5 Å². The largest absolute Gasteiger partial charge is 0.313 e. The van der Waals surface area contributed by atoms with Crippen molar-refractivity contribution in [1.82, 2.24) is 10.6 Å². The number of benzene rings is 1. The SMILES string of the molecule is Cc1ccc(C(C)(C)C)cc1CNCCNC1CC1. The molecule has 0 radical (unpaired) electrons. The molecule has 0 atom stereocenters. The van der Waals surface area contributed by atoms with Gasteiger partial charge in [0.15, 0.2) is 0 Å². The number of rotatable bonds is 6. The molecule has 1 aliphatic carbocycles. The van der Waals surface area contributed by atoms with Gasteiger partial charge >= 0.3 is 0 Å². The highest BCUT2D eigenvalue weighted by atomic mass is 15.0. The van der Waals surface area contributed by atoms with Gasteiger partial charge in [-0.3, -0.25) is 0 Å². The van der Waals surface area contributed by atoms with Crippen LogP contribution >= 0.6 is 0 Å². The lowest BCUT2D eigenvalue weighted by Gasteiger charge is -2.21. The molecule has 0 saturated heterocycles. The summed E-state index contributed by atoms with van der Waals surface area (Å²) in [6.45, 7) is 12.1. The van der Waals surface area contributed by atoms with Gasteiger partial charge in [-0.2, -0.15) is 0 Å². The third kappa shape index (κ3) is 4.63. The van der Waals surface area contributed by atoms with Gasteiger partial charge in [-0.1, -0.05) is 39.0 Å². The molecule has 106 valence electrons. The van der Waals surface area contributed by atoms with Crippen molar-refractivity contribution >= 4 is 0 Å². The Hall–Kier alpha value is -0.860. The van der Waals surface area contributed by atoms with Crippen LogP contribution in [0.4, 0.5) is 0 Å². The predicted octanol–water partition coefficient (Wildman–Crippen LogP) is 3.13. The Morgan fingerprint density at radius 2 is 1.89 bits per heavy atom. The molecule has 0 spiro atoms. The summed E-state index contributed by atoms with van der Waals surface area (Å²) >= 11 is 0. The molecule has 1 fully saturated rings. The fourth-order valence-electron chi connectivity index (χ4n) is 2.20. The van der Waals surface area contributed by atoms with Gasteiger partial charge in [-0.15, -0.1) is 0 Å². The molecule has 19 heavy (non-hydrogen) atoms. The van der Waals surface area contributed by atoms with Gasteiger partial charge in [0, 0.05) is 25.7 Å². The highest BCUT2D eigenvalue weighted by Crippen LogP contribution is 2.24. The van der Waals surface area contributed by atoms with E-state index in [0.29, 0.717) is 0 Å². The molecule has 2 N–H and O–H groups in total. The highest BCUT2D eigenvalue weighted by molar-refractivity contribution is 5.34. The number of hydrogen-bond donors (Lipinski definition) is 2. The van der Waals surface area contributed by atoms with Crippen LogP contribution in [0.2, 0.25) is 0 Å². The van der Waals surface area contributed by atoms with E-state index in [1.807, 2.05) is 0 Å². The van der Waals surface area contributed by atoms with E-state index in [4.69, 9.17) is 0 Å². The van der Waals surface area contributed by atoms with Crippen molar-refractivity contribution < 1.29 is 0 Å². The summed E-state index contributed by atoms with van der Waals surface area (Å²) in [4.78, 5) is 0. The van der Waals surface area contributed by atoms with Crippen molar-refractivity contribution in [3.8, 4) is 0 Å². The molecule has 2 heteroatoms. The molecule has 2 nitrogen and oxygen atoms in total. The number of aryl methyl sites for hydroxylation is 1. The van der Waals surface area contributed by atoms with Crippen molar-refractivity contribution in [3.05, 3.63) is 34.9 Å². The minimum absolute atomic E-state index is 0.232. The first-order valence-corrected chi connectivity index (χ1v) is 7.51. The summed E-state index contributed by atoms with van der Waals surface area (Å²) in [7, 11) is 0. The zero-order valence-electron chi connectivity index (χ0n) is 12.8. The zero-order chi connectivity index (χ0) is 13.9. The van der Waals surface area contributed by atoms with Gasteiger partial charge in [0.25, 0.3) is 0 Å². The molecular formula is C17H28N2. The Labute approximate surface area is 118 Å². The zero-order valence-corrected chi connectivity index (χ0v) is 12.8. The fourth-order valence-corrected chi connectivity index (χ4v) is 2.20. The summed E-state index contributed by atoms with van der Waals surface area (Å²) in [6, 6.07) is 7.68. The first-order chi connectivity index (χ1) is 8.97. The minimum Gasteiger partial charge on any atom is -0.313 e. The standard InChI is InChI=1S/C17H28N2/c1-13-5-6-15(17(2,3)4)11-14(13)12-18-9-10-19-16-7-8-16/h5-6,11,16,18-19H,7-10,12H2,1-4H3. The molecule has 0 aliphatic heterocycles. The Balaban J connectivity index is 1.83. The molecule has 1 aliphatic rings. The van der Waals surface area contributed by atoms with Gasteiger partial charge in [0.05, 0.1) is 0 Å². The van der Waals surface area contributed by atoms with E-state index in [-0.39, 0.29) is 5.41 Å². The number of hydrogen-bond acceptors (Lipinski definition) is 2. The topological polar surface area (TPSA) is 24.1 Å². The van der Waals surface area contributed by atoms with E-state index in [0.717, 1.165) is 25.7 Å². The lowest BCUT2D eigenvalue weighted by atomic mass is 9.85. The van der Waals surface area contributed by atoms with Crippen LogP contribution in [-0.2, 0) is 12.0 Å². The van der Waals surface area contributed by atoms with Crippen LogP contribution in [-0.4, -0.2) is 19.1 Å². The molecule has 1 aromatic carbocycles. The van der Waals surface area contributed by atoms with Crippen LogP contribution in [0.3, 0.4) is 0 Å². The monoisotopic (exact) mass is 260 g/mol. The van der Waals surface area contributed by atoms with Gasteiger partial charge < -0.3 is 10.6 Å². The average Bonchev–Trinajstić information content (AvgIpc) is 3.13. The third-order valence-corrected chi connectivity index (χ3v) is 3.84. The van der Waals surface area contributed by atoms with E-state index >= 15 is 0 Å². The molecule has 0 aromatic heterocycles. The van der Waals surface area contributed by atoms with Crippen LogP contribution in [0.5, 0.6) is 0 Å². The molecule has 0 amide bonds. The molecule has 0 bridgehead atoms. The molecule has 2 rings (SSSR count). The Kier molecular flexibility index (Phi) is 4.64. The average molecular weight is 260 g/mol. The van der Waals surface area contributed by atoms with Gasteiger partial charge in [-0.05, 0) is 41.9 Å². The molecule has 0 heterocycles. The molecule has 1 saturated carbocycles. The van der Waals surface area contributed by atoms with E-state index < -0.39 is 0 Å². The Bertz CT molecular complexity index is 414. The summed E-state index contributed by atoms with van der Waals surface area (Å²) in [5.74, 6) is 0. The van der Waals surface area contributed by atoms with Crippen LogP contribution in [0.15, 0.2) is 18.2 Å². The van der Waals surface area contributed by atoms with Crippen LogP contribution < -0.4 is 10.6 Å². The molecule has 0 unspecified atom stereocenters.